The number of rotatable bonds is 4. The molecule has 1 aliphatic heterocycles. The third-order valence-electron chi connectivity index (χ3n) is 4.78. The summed E-state index contributed by atoms with van der Waals surface area (Å²) in [5.41, 5.74) is 2.42. The van der Waals surface area contributed by atoms with Gasteiger partial charge in [-0.25, -0.2) is 9.97 Å². The SMILES string of the molecule is Cc1nc(Nc2ccc(C(C)C)cc2)cc(N2CCC(C)CC2)n1. The smallest absolute Gasteiger partial charge is 0.136 e. The number of nitrogens with zero attached hydrogens (tertiary/aromatic N) is 3. The summed E-state index contributed by atoms with van der Waals surface area (Å²) in [5, 5.41) is 3.42. The lowest BCUT2D eigenvalue weighted by Gasteiger charge is -2.31. The molecule has 0 bridgehead atoms. The number of anilines is 3. The van der Waals surface area contributed by atoms with Crippen molar-refractivity contribution in [3.63, 3.8) is 0 Å². The molecular formula is C20H28N4. The molecule has 128 valence electrons. The Morgan fingerprint density at radius 1 is 1.08 bits per heavy atom. The molecule has 4 nitrogen and oxygen atoms in total. The Bertz CT molecular complexity index is 671. The maximum Gasteiger partial charge on any atom is 0.136 e. The minimum atomic E-state index is 0.549. The van der Waals surface area contributed by atoms with Crippen LogP contribution >= 0.6 is 0 Å². The van der Waals surface area contributed by atoms with Gasteiger partial charge in [0.1, 0.15) is 17.5 Å². The Balaban J connectivity index is 1.76. The maximum absolute atomic E-state index is 4.64. The van der Waals surface area contributed by atoms with Crippen LogP contribution in [0.1, 0.15) is 50.9 Å². The molecule has 1 fully saturated rings. The molecule has 1 N–H and O–H groups in total. The van der Waals surface area contributed by atoms with Gasteiger partial charge in [-0.2, -0.15) is 0 Å². The number of benzene rings is 1. The van der Waals surface area contributed by atoms with Crippen molar-refractivity contribution < 1.29 is 0 Å². The van der Waals surface area contributed by atoms with E-state index >= 15 is 0 Å². The van der Waals surface area contributed by atoms with Crippen LogP contribution in [-0.2, 0) is 0 Å². The standard InChI is InChI=1S/C20H28N4/c1-14(2)17-5-7-18(8-6-17)23-19-13-20(22-16(4)21-19)24-11-9-15(3)10-12-24/h5-8,13-15H,9-12H2,1-4H3,(H,21,22,23). The molecule has 0 atom stereocenters. The minimum absolute atomic E-state index is 0.549. The fraction of sp³-hybridized carbons (Fsp3) is 0.500. The van der Waals surface area contributed by atoms with Gasteiger partial charge in [-0.15, -0.1) is 0 Å². The lowest BCUT2D eigenvalue weighted by molar-refractivity contribution is 0.436. The van der Waals surface area contributed by atoms with Gasteiger partial charge >= 0.3 is 0 Å². The minimum Gasteiger partial charge on any atom is -0.356 e. The van der Waals surface area contributed by atoms with Gasteiger partial charge < -0.3 is 10.2 Å². The van der Waals surface area contributed by atoms with Crippen molar-refractivity contribution in [2.75, 3.05) is 23.3 Å². The van der Waals surface area contributed by atoms with Crippen LogP contribution in [0.25, 0.3) is 0 Å². The molecule has 0 saturated carbocycles. The van der Waals surface area contributed by atoms with Crippen LogP contribution in [0.2, 0.25) is 0 Å². The normalized spacial score (nSPS) is 15.8. The molecule has 0 radical (unpaired) electrons. The van der Waals surface area contributed by atoms with Crippen molar-refractivity contribution >= 4 is 17.3 Å². The van der Waals surface area contributed by atoms with Crippen molar-refractivity contribution in [3.05, 3.63) is 41.7 Å². The molecule has 1 aromatic heterocycles. The van der Waals surface area contributed by atoms with Gasteiger partial charge in [0.05, 0.1) is 0 Å². The summed E-state index contributed by atoms with van der Waals surface area (Å²) in [4.78, 5) is 11.6. The number of aromatic nitrogens is 2. The highest BCUT2D eigenvalue weighted by Gasteiger charge is 2.18. The van der Waals surface area contributed by atoms with E-state index in [2.05, 4.69) is 71.3 Å². The molecule has 3 rings (SSSR count). The van der Waals surface area contributed by atoms with Crippen LogP contribution in [0.3, 0.4) is 0 Å². The highest BCUT2D eigenvalue weighted by molar-refractivity contribution is 5.60. The first-order valence-corrected chi connectivity index (χ1v) is 8.99. The number of aryl methyl sites for hydroxylation is 1. The Kier molecular flexibility index (Phi) is 5.03. The van der Waals surface area contributed by atoms with E-state index in [0.29, 0.717) is 5.92 Å². The second-order valence-corrected chi connectivity index (χ2v) is 7.23. The molecule has 24 heavy (non-hydrogen) atoms. The molecule has 0 unspecified atom stereocenters. The summed E-state index contributed by atoms with van der Waals surface area (Å²) in [6.45, 7) is 10.9. The second-order valence-electron chi connectivity index (χ2n) is 7.23. The lowest BCUT2D eigenvalue weighted by Crippen LogP contribution is -2.33. The number of hydrogen-bond acceptors (Lipinski definition) is 4. The first-order valence-electron chi connectivity index (χ1n) is 8.99. The van der Waals surface area contributed by atoms with Gasteiger partial charge in [0.15, 0.2) is 0 Å². The maximum atomic E-state index is 4.64. The number of piperidine rings is 1. The average Bonchev–Trinajstić information content (AvgIpc) is 2.55. The summed E-state index contributed by atoms with van der Waals surface area (Å²) >= 11 is 0. The zero-order valence-corrected chi connectivity index (χ0v) is 15.2. The van der Waals surface area contributed by atoms with Crippen LogP contribution in [0.4, 0.5) is 17.3 Å². The van der Waals surface area contributed by atoms with E-state index < -0.39 is 0 Å². The van der Waals surface area contributed by atoms with E-state index in [1.165, 1.54) is 18.4 Å². The second kappa shape index (κ2) is 7.20. The Morgan fingerprint density at radius 2 is 1.75 bits per heavy atom. The topological polar surface area (TPSA) is 41.1 Å². The fourth-order valence-corrected chi connectivity index (χ4v) is 3.11. The zero-order chi connectivity index (χ0) is 17.1. The zero-order valence-electron chi connectivity index (χ0n) is 15.2. The largest absolute Gasteiger partial charge is 0.356 e. The summed E-state index contributed by atoms with van der Waals surface area (Å²) in [5.74, 6) is 4.09. The molecule has 2 heterocycles. The summed E-state index contributed by atoms with van der Waals surface area (Å²) in [6, 6.07) is 10.7. The van der Waals surface area contributed by atoms with E-state index in [4.69, 9.17) is 0 Å². The first-order chi connectivity index (χ1) is 11.5. The molecule has 0 spiro atoms. The molecular weight excluding hydrogens is 296 g/mol. The highest BCUT2D eigenvalue weighted by Crippen LogP contribution is 2.25. The van der Waals surface area contributed by atoms with Crippen LogP contribution in [0.5, 0.6) is 0 Å². The Morgan fingerprint density at radius 3 is 2.38 bits per heavy atom. The van der Waals surface area contributed by atoms with Gasteiger partial charge in [0.25, 0.3) is 0 Å². The highest BCUT2D eigenvalue weighted by atomic mass is 15.2. The summed E-state index contributed by atoms with van der Waals surface area (Å²) in [7, 11) is 0. The summed E-state index contributed by atoms with van der Waals surface area (Å²) in [6.07, 6.45) is 2.48. The number of hydrogen-bond donors (Lipinski definition) is 1. The quantitative estimate of drug-likeness (QED) is 0.869. The van der Waals surface area contributed by atoms with E-state index in [-0.39, 0.29) is 0 Å². The van der Waals surface area contributed by atoms with Crippen molar-refractivity contribution in [3.8, 4) is 0 Å². The summed E-state index contributed by atoms with van der Waals surface area (Å²) < 4.78 is 0. The monoisotopic (exact) mass is 324 g/mol. The van der Waals surface area contributed by atoms with Gasteiger partial charge in [-0.3, -0.25) is 0 Å². The van der Waals surface area contributed by atoms with E-state index in [0.717, 1.165) is 42.2 Å². The van der Waals surface area contributed by atoms with E-state index in [1.54, 1.807) is 0 Å². The van der Waals surface area contributed by atoms with Gasteiger partial charge in [-0.05, 0) is 49.3 Å². The molecule has 4 heteroatoms. The van der Waals surface area contributed by atoms with Crippen LogP contribution in [-0.4, -0.2) is 23.1 Å². The van der Waals surface area contributed by atoms with Crippen molar-refractivity contribution in [1.82, 2.24) is 9.97 Å². The fourth-order valence-electron chi connectivity index (χ4n) is 3.11. The Labute approximate surface area is 145 Å². The first kappa shape index (κ1) is 16.7. The predicted molar refractivity (Wildman–Crippen MR) is 101 cm³/mol. The Hall–Kier alpha value is -2.10. The van der Waals surface area contributed by atoms with Crippen LogP contribution < -0.4 is 10.2 Å². The molecule has 0 amide bonds. The molecule has 0 aliphatic carbocycles. The number of nitrogens with one attached hydrogen (secondary N) is 1. The lowest BCUT2D eigenvalue weighted by atomic mass is 9.99. The molecule has 1 aromatic carbocycles. The predicted octanol–water partition coefficient (Wildman–Crippen LogP) is 4.89. The van der Waals surface area contributed by atoms with Crippen LogP contribution in [0, 0.1) is 12.8 Å². The van der Waals surface area contributed by atoms with Crippen LogP contribution in [0.15, 0.2) is 30.3 Å². The van der Waals surface area contributed by atoms with E-state index in [9.17, 15) is 0 Å². The molecule has 1 aliphatic rings. The van der Waals surface area contributed by atoms with Gasteiger partial charge in [0, 0.05) is 24.8 Å². The van der Waals surface area contributed by atoms with Gasteiger partial charge in [-0.1, -0.05) is 32.9 Å². The van der Waals surface area contributed by atoms with Crippen molar-refractivity contribution in [2.24, 2.45) is 5.92 Å². The van der Waals surface area contributed by atoms with Crippen molar-refractivity contribution in [2.45, 2.75) is 46.5 Å². The third kappa shape index (κ3) is 4.05. The molecule has 1 saturated heterocycles. The van der Waals surface area contributed by atoms with E-state index in [1.807, 2.05) is 6.92 Å². The molecule has 2 aromatic rings. The van der Waals surface area contributed by atoms with Crippen molar-refractivity contribution in [1.29, 1.82) is 0 Å². The third-order valence-corrected chi connectivity index (χ3v) is 4.78. The van der Waals surface area contributed by atoms with Gasteiger partial charge in [0.2, 0.25) is 0 Å². The average molecular weight is 324 g/mol.